The molecule has 0 aromatic heterocycles. The highest BCUT2D eigenvalue weighted by atomic mass is 16.7. The average Bonchev–Trinajstić information content (AvgIpc) is 2.92. The monoisotopic (exact) mass is 596 g/mol. The van der Waals surface area contributed by atoms with E-state index in [1.807, 2.05) is 0 Å². The maximum atomic E-state index is 11.4. The predicted octanol–water partition coefficient (Wildman–Crippen LogP) is -2.19. The summed E-state index contributed by atoms with van der Waals surface area (Å²) in [5.41, 5.74) is 0.498. The van der Waals surface area contributed by atoms with Gasteiger partial charge in [0.05, 0.1) is 0 Å². The number of benzene rings is 2. The Kier molecular flexibility index (Phi) is 9.19. The fourth-order valence-electron chi connectivity index (χ4n) is 4.28. The molecule has 42 heavy (non-hydrogen) atoms. The van der Waals surface area contributed by atoms with E-state index >= 15 is 0 Å². The summed E-state index contributed by atoms with van der Waals surface area (Å²) in [7, 11) is 0. The largest absolute Gasteiger partial charge is 0.508 e. The van der Waals surface area contributed by atoms with E-state index in [1.165, 1.54) is 36.4 Å². The molecule has 0 spiro atoms. The van der Waals surface area contributed by atoms with Crippen molar-refractivity contribution in [2.75, 3.05) is 0 Å². The van der Waals surface area contributed by atoms with Gasteiger partial charge in [-0.05, 0) is 29.8 Å². The van der Waals surface area contributed by atoms with Crippen molar-refractivity contribution in [3.05, 3.63) is 47.5 Å². The van der Waals surface area contributed by atoms with Gasteiger partial charge in [0, 0.05) is 17.7 Å². The number of carboxylic acids is 2. The van der Waals surface area contributed by atoms with E-state index in [-0.39, 0.29) is 34.1 Å². The minimum Gasteiger partial charge on any atom is -0.508 e. The molecule has 2 aromatic carbocycles. The van der Waals surface area contributed by atoms with Gasteiger partial charge in [0.25, 0.3) is 0 Å². The number of rotatable bonds is 8. The molecule has 16 heteroatoms. The number of phenols is 2. The number of aromatic hydroxyl groups is 2. The normalized spacial score (nSPS) is 33.3. The molecule has 16 nitrogen and oxygen atoms in total. The first-order chi connectivity index (χ1) is 19.8. The summed E-state index contributed by atoms with van der Waals surface area (Å²) in [5, 5.41) is 98.8. The number of hydrogen-bond acceptors (Lipinski definition) is 14. The fraction of sp³-hybridized carbons (Fsp3) is 0.385. The zero-order valence-electron chi connectivity index (χ0n) is 21.3. The van der Waals surface area contributed by atoms with Gasteiger partial charge in [-0.25, -0.2) is 9.59 Å². The Morgan fingerprint density at radius 1 is 0.643 bits per heavy atom. The molecule has 0 aliphatic carbocycles. The molecule has 2 heterocycles. The molecule has 2 aliphatic heterocycles. The topological polar surface area (TPSA) is 273 Å². The molecule has 2 aliphatic rings. The van der Waals surface area contributed by atoms with Crippen molar-refractivity contribution in [2.45, 2.75) is 61.4 Å². The molecule has 0 saturated carbocycles. The van der Waals surface area contributed by atoms with Gasteiger partial charge in [0.2, 0.25) is 12.6 Å². The first-order valence-electron chi connectivity index (χ1n) is 12.3. The van der Waals surface area contributed by atoms with Crippen LogP contribution in [-0.2, 0) is 19.1 Å². The number of phenolic OH excluding ortho intramolecular Hbond substituents is 2. The summed E-state index contributed by atoms with van der Waals surface area (Å²) in [6, 6.07) is 7.49. The summed E-state index contributed by atoms with van der Waals surface area (Å²) >= 11 is 0. The van der Waals surface area contributed by atoms with Crippen LogP contribution >= 0.6 is 0 Å². The third-order valence-corrected chi connectivity index (χ3v) is 6.49. The van der Waals surface area contributed by atoms with Gasteiger partial charge in [-0.15, -0.1) is 0 Å². The summed E-state index contributed by atoms with van der Waals surface area (Å²) in [6.07, 6.45) is -15.9. The minimum atomic E-state index is -1.94. The molecule has 0 bridgehead atoms. The lowest BCUT2D eigenvalue weighted by molar-refractivity contribution is -0.271. The van der Waals surface area contributed by atoms with Gasteiger partial charge in [-0.3, -0.25) is 0 Å². The smallest absolute Gasteiger partial charge is 0.335 e. The molecule has 0 unspecified atom stereocenters. The SMILES string of the molecule is O=C(O)[C@@H]1O[C@@H](Oc2cc(O)ccc2/C=C\c2cc(O)cc(O[C@H]3O[C@@H](C(=O)O)[C@@H](O)[C@@H](O)[C@H]3O)c2)[C@@H](O)[C@H](O)[C@@H]1O. The number of ether oxygens (including phenoxy) is 4. The van der Waals surface area contributed by atoms with Crippen LogP contribution in [0.5, 0.6) is 23.0 Å². The highest BCUT2D eigenvalue weighted by Gasteiger charge is 2.49. The maximum Gasteiger partial charge on any atom is 0.335 e. The third kappa shape index (κ3) is 6.56. The number of aliphatic hydroxyl groups excluding tert-OH is 6. The summed E-state index contributed by atoms with van der Waals surface area (Å²) in [5.74, 6) is -4.10. The van der Waals surface area contributed by atoms with Crippen molar-refractivity contribution in [1.29, 1.82) is 0 Å². The Morgan fingerprint density at radius 2 is 1.19 bits per heavy atom. The standard InChI is InChI=1S/C26H28O16/c27-11-4-3-10(14(8-11)40-26-20(34)16(30)18(32)22(42-26)24(37)38)2-1-9-5-12(28)7-13(6-9)39-25-19(33)15(29)17(31)21(41-25)23(35)36/h1-8,15-22,25-34H,(H,35,36)(H,37,38)/b2-1-/t15-,16-,17+,18+,19-,20+,21-,22-,25+,26-/m1/s1. The highest BCUT2D eigenvalue weighted by Crippen LogP contribution is 2.32. The van der Waals surface area contributed by atoms with Crippen LogP contribution in [0.1, 0.15) is 11.1 Å². The number of aliphatic carboxylic acids is 2. The van der Waals surface area contributed by atoms with E-state index in [0.717, 1.165) is 12.1 Å². The fourth-order valence-corrected chi connectivity index (χ4v) is 4.28. The minimum absolute atomic E-state index is 0.125. The Bertz CT molecular complexity index is 1330. The average molecular weight is 596 g/mol. The van der Waals surface area contributed by atoms with Crippen molar-refractivity contribution >= 4 is 24.1 Å². The van der Waals surface area contributed by atoms with Crippen molar-refractivity contribution in [3.63, 3.8) is 0 Å². The van der Waals surface area contributed by atoms with Gasteiger partial charge >= 0.3 is 11.9 Å². The quantitative estimate of drug-likeness (QED) is 0.145. The molecule has 0 amide bonds. The molecule has 228 valence electrons. The van der Waals surface area contributed by atoms with Crippen LogP contribution in [0.3, 0.4) is 0 Å². The Balaban J connectivity index is 1.55. The second-order valence-electron chi connectivity index (χ2n) is 9.52. The molecular weight excluding hydrogens is 568 g/mol. The molecule has 0 radical (unpaired) electrons. The van der Waals surface area contributed by atoms with E-state index in [9.17, 15) is 60.7 Å². The van der Waals surface area contributed by atoms with E-state index in [1.54, 1.807) is 0 Å². The van der Waals surface area contributed by atoms with Gasteiger partial charge in [-0.2, -0.15) is 0 Å². The first-order valence-corrected chi connectivity index (χ1v) is 12.3. The van der Waals surface area contributed by atoms with E-state index in [2.05, 4.69) is 0 Å². The zero-order chi connectivity index (χ0) is 30.9. The first kappa shape index (κ1) is 30.9. The zero-order valence-corrected chi connectivity index (χ0v) is 21.3. The molecule has 2 fully saturated rings. The van der Waals surface area contributed by atoms with Crippen LogP contribution < -0.4 is 9.47 Å². The predicted molar refractivity (Wildman–Crippen MR) is 135 cm³/mol. The van der Waals surface area contributed by atoms with E-state index in [4.69, 9.17) is 18.9 Å². The lowest BCUT2D eigenvalue weighted by Gasteiger charge is -2.38. The van der Waals surface area contributed by atoms with Crippen molar-refractivity contribution in [2.24, 2.45) is 0 Å². The van der Waals surface area contributed by atoms with Gasteiger partial charge in [-0.1, -0.05) is 12.2 Å². The second-order valence-corrected chi connectivity index (χ2v) is 9.52. The molecule has 2 aromatic rings. The molecule has 4 rings (SSSR count). The maximum absolute atomic E-state index is 11.4. The van der Waals surface area contributed by atoms with Gasteiger partial charge in [0.1, 0.15) is 59.6 Å². The highest BCUT2D eigenvalue weighted by molar-refractivity contribution is 5.75. The van der Waals surface area contributed by atoms with Crippen LogP contribution in [0.2, 0.25) is 0 Å². The van der Waals surface area contributed by atoms with Crippen LogP contribution in [-0.4, -0.2) is 124 Å². The summed E-state index contributed by atoms with van der Waals surface area (Å²) in [6.45, 7) is 0. The van der Waals surface area contributed by atoms with Crippen LogP contribution in [0, 0.1) is 0 Å². The Hall–Kier alpha value is -4.00. The molecular formula is C26H28O16. The molecule has 10 atom stereocenters. The van der Waals surface area contributed by atoms with Crippen molar-refractivity contribution in [3.8, 4) is 23.0 Å². The van der Waals surface area contributed by atoms with E-state index < -0.39 is 73.4 Å². The van der Waals surface area contributed by atoms with Crippen molar-refractivity contribution in [1.82, 2.24) is 0 Å². The molecule has 2 saturated heterocycles. The number of carboxylic acid groups (broad SMARTS) is 2. The molecule has 10 N–H and O–H groups in total. The summed E-state index contributed by atoms with van der Waals surface area (Å²) < 4.78 is 21.2. The number of carbonyl (C=O) groups is 2. The lowest BCUT2D eigenvalue weighted by atomic mass is 9.99. The van der Waals surface area contributed by atoms with Crippen LogP contribution in [0.4, 0.5) is 0 Å². The van der Waals surface area contributed by atoms with Gasteiger partial charge in [0.15, 0.2) is 12.2 Å². The Morgan fingerprint density at radius 3 is 1.74 bits per heavy atom. The number of aliphatic hydroxyl groups is 6. The van der Waals surface area contributed by atoms with Crippen LogP contribution in [0.15, 0.2) is 36.4 Å². The Labute approximate surface area is 236 Å². The number of hydrogen-bond donors (Lipinski definition) is 10. The summed E-state index contributed by atoms with van der Waals surface area (Å²) in [4.78, 5) is 22.7. The van der Waals surface area contributed by atoms with Crippen LogP contribution in [0.25, 0.3) is 12.2 Å². The van der Waals surface area contributed by atoms with Crippen molar-refractivity contribution < 1.29 is 79.6 Å². The second kappa shape index (κ2) is 12.5. The van der Waals surface area contributed by atoms with E-state index in [0.29, 0.717) is 0 Å². The lowest BCUT2D eigenvalue weighted by Crippen LogP contribution is -2.61. The van der Waals surface area contributed by atoms with Gasteiger partial charge < -0.3 is 70.0 Å². The third-order valence-electron chi connectivity index (χ3n) is 6.49.